The van der Waals surface area contributed by atoms with Crippen molar-refractivity contribution in [2.24, 2.45) is 5.73 Å². The molecule has 2 amide bonds. The van der Waals surface area contributed by atoms with Gasteiger partial charge in [-0.15, -0.1) is 0 Å². The molecule has 0 aromatic rings. The fourth-order valence-corrected chi connectivity index (χ4v) is 2.22. The van der Waals surface area contributed by atoms with E-state index in [9.17, 15) is 24.3 Å². The maximum atomic E-state index is 12.2. The van der Waals surface area contributed by atoms with Gasteiger partial charge in [-0.05, 0) is 13.8 Å². The molecule has 9 heteroatoms. The first-order valence-corrected chi connectivity index (χ1v) is 6.65. The predicted octanol–water partition coefficient (Wildman–Crippen LogP) is -1.59. The second-order valence-electron chi connectivity index (χ2n) is 5.03. The molecule has 0 saturated carbocycles. The molecular formula is C13H20N4O5. The lowest BCUT2D eigenvalue weighted by Crippen LogP contribution is -2.62. The Kier molecular flexibility index (Phi) is 5.26. The van der Waals surface area contributed by atoms with Gasteiger partial charge in [0.1, 0.15) is 5.70 Å². The molecule has 1 heterocycles. The van der Waals surface area contributed by atoms with Crippen molar-refractivity contribution in [1.82, 2.24) is 14.9 Å². The van der Waals surface area contributed by atoms with Crippen LogP contribution < -0.4 is 5.73 Å². The molecule has 1 rings (SSSR count). The van der Waals surface area contributed by atoms with E-state index in [1.807, 2.05) is 0 Å². The first kappa shape index (κ1) is 17.6. The van der Waals surface area contributed by atoms with Crippen LogP contribution >= 0.6 is 0 Å². The van der Waals surface area contributed by atoms with Crippen LogP contribution in [-0.2, 0) is 19.2 Å². The molecule has 0 fully saturated rings. The van der Waals surface area contributed by atoms with Gasteiger partial charge in [0.15, 0.2) is 11.8 Å². The van der Waals surface area contributed by atoms with Crippen LogP contribution in [0.15, 0.2) is 11.3 Å². The number of amides is 2. The number of Topliss-reactive ketones (excluding diaryl/α,β-unsaturated/α-hetero) is 1. The molecule has 0 radical (unpaired) electrons. The smallest absolute Gasteiger partial charge is 0.327 e. The summed E-state index contributed by atoms with van der Waals surface area (Å²) in [5.41, 5.74) is 4.96. The van der Waals surface area contributed by atoms with E-state index in [1.165, 1.54) is 19.0 Å². The van der Waals surface area contributed by atoms with Gasteiger partial charge < -0.3 is 15.7 Å². The molecule has 22 heavy (non-hydrogen) atoms. The van der Waals surface area contributed by atoms with E-state index in [0.29, 0.717) is 0 Å². The van der Waals surface area contributed by atoms with Crippen molar-refractivity contribution >= 4 is 23.6 Å². The molecule has 1 aliphatic rings. The van der Waals surface area contributed by atoms with Crippen molar-refractivity contribution in [3.63, 3.8) is 0 Å². The molecule has 9 nitrogen and oxygen atoms in total. The molecule has 1 atom stereocenters. The highest BCUT2D eigenvalue weighted by Gasteiger charge is 2.44. The van der Waals surface area contributed by atoms with Crippen LogP contribution in [0, 0.1) is 0 Å². The molecule has 1 unspecified atom stereocenters. The number of hydrogen-bond acceptors (Lipinski definition) is 6. The largest absolute Gasteiger partial charge is 0.480 e. The number of hydrogen-bond donors (Lipinski definition) is 2. The Balaban J connectivity index is 3.42. The fourth-order valence-electron chi connectivity index (χ4n) is 2.22. The van der Waals surface area contributed by atoms with Crippen LogP contribution in [0.25, 0.3) is 0 Å². The summed E-state index contributed by atoms with van der Waals surface area (Å²) in [5.74, 6) is -3.06. The van der Waals surface area contributed by atoms with E-state index in [4.69, 9.17) is 5.73 Å². The standard InChI is InChI=1S/C13H20N4O5/c1-5-16-12(20)10(14)9(7(2)18)11(13(21)22)17(16)6-8(19)15(3)4/h11H,5-6,14H2,1-4H3,(H,21,22). The molecule has 122 valence electrons. The molecule has 0 aromatic heterocycles. The van der Waals surface area contributed by atoms with Crippen LogP contribution in [-0.4, -0.2) is 76.8 Å². The predicted molar refractivity (Wildman–Crippen MR) is 76.1 cm³/mol. The number of nitrogens with zero attached hydrogens (tertiary/aromatic N) is 3. The highest BCUT2D eigenvalue weighted by molar-refractivity contribution is 6.09. The number of nitrogens with two attached hydrogens (primary N) is 1. The van der Waals surface area contributed by atoms with Crippen molar-refractivity contribution in [2.45, 2.75) is 19.9 Å². The van der Waals surface area contributed by atoms with E-state index >= 15 is 0 Å². The van der Waals surface area contributed by atoms with Gasteiger partial charge in [0.05, 0.1) is 12.1 Å². The fraction of sp³-hybridized carbons (Fsp3) is 0.538. The minimum absolute atomic E-state index is 0.120. The van der Waals surface area contributed by atoms with Crippen molar-refractivity contribution in [2.75, 3.05) is 27.2 Å². The van der Waals surface area contributed by atoms with Crippen molar-refractivity contribution in [1.29, 1.82) is 0 Å². The second kappa shape index (κ2) is 6.56. The van der Waals surface area contributed by atoms with E-state index in [2.05, 4.69) is 0 Å². The Morgan fingerprint density at radius 1 is 1.32 bits per heavy atom. The zero-order valence-electron chi connectivity index (χ0n) is 13.0. The minimum atomic E-state index is -1.47. The van der Waals surface area contributed by atoms with Crippen molar-refractivity contribution in [3.05, 3.63) is 11.3 Å². The summed E-state index contributed by atoms with van der Waals surface area (Å²) in [6.07, 6.45) is 0. The molecule has 0 saturated heterocycles. The number of likely N-dealkylation sites (N-methyl/N-ethyl adjacent to an activating group) is 2. The number of rotatable bonds is 5. The lowest BCUT2D eigenvalue weighted by atomic mass is 9.97. The average molecular weight is 312 g/mol. The quantitative estimate of drug-likeness (QED) is 0.627. The average Bonchev–Trinajstić information content (AvgIpc) is 2.41. The first-order chi connectivity index (χ1) is 10.1. The molecule has 3 N–H and O–H groups in total. The lowest BCUT2D eigenvalue weighted by Gasteiger charge is -2.42. The third kappa shape index (κ3) is 3.08. The zero-order chi connectivity index (χ0) is 17.2. The number of carboxylic acid groups (broad SMARTS) is 1. The molecule has 0 spiro atoms. The van der Waals surface area contributed by atoms with E-state index in [0.717, 1.165) is 16.9 Å². The van der Waals surface area contributed by atoms with Gasteiger partial charge in [0, 0.05) is 20.6 Å². The highest BCUT2D eigenvalue weighted by Crippen LogP contribution is 2.24. The SMILES string of the molecule is CCN1C(=O)C(N)=C(C(C)=O)C(C(=O)O)N1CC(=O)N(C)C. The summed E-state index contributed by atoms with van der Waals surface area (Å²) in [6.45, 7) is 2.53. The zero-order valence-corrected chi connectivity index (χ0v) is 13.0. The number of carbonyl (C=O) groups excluding carboxylic acids is 3. The summed E-state index contributed by atoms with van der Waals surface area (Å²) in [5, 5.41) is 11.6. The number of ketones is 1. The van der Waals surface area contributed by atoms with Crippen LogP contribution in [0.4, 0.5) is 0 Å². The van der Waals surface area contributed by atoms with Gasteiger partial charge in [-0.1, -0.05) is 0 Å². The van der Waals surface area contributed by atoms with Gasteiger partial charge in [0.2, 0.25) is 5.91 Å². The number of hydrazine groups is 1. The van der Waals surface area contributed by atoms with Crippen LogP contribution in [0.5, 0.6) is 0 Å². The monoisotopic (exact) mass is 312 g/mol. The summed E-state index contributed by atoms with van der Waals surface area (Å²) < 4.78 is 0. The van der Waals surface area contributed by atoms with Gasteiger partial charge >= 0.3 is 5.97 Å². The van der Waals surface area contributed by atoms with Gasteiger partial charge in [-0.2, -0.15) is 5.01 Å². The third-order valence-corrected chi connectivity index (χ3v) is 3.35. The molecule has 1 aliphatic heterocycles. The maximum absolute atomic E-state index is 12.2. The Bertz CT molecular complexity index is 555. The molecular weight excluding hydrogens is 292 g/mol. The van der Waals surface area contributed by atoms with E-state index < -0.39 is 35.3 Å². The topological polar surface area (TPSA) is 124 Å². The summed E-state index contributed by atoms with van der Waals surface area (Å²) in [4.78, 5) is 48.8. The summed E-state index contributed by atoms with van der Waals surface area (Å²) >= 11 is 0. The number of carboxylic acids is 1. The van der Waals surface area contributed by atoms with Crippen LogP contribution in [0.1, 0.15) is 13.8 Å². The Labute approximate surface area is 127 Å². The third-order valence-electron chi connectivity index (χ3n) is 3.35. The molecule has 0 aliphatic carbocycles. The molecule has 0 aromatic carbocycles. The molecule has 0 bridgehead atoms. The lowest BCUT2D eigenvalue weighted by molar-refractivity contribution is -0.166. The van der Waals surface area contributed by atoms with Gasteiger partial charge in [-0.3, -0.25) is 24.2 Å². The normalized spacial score (nSPS) is 19.4. The maximum Gasteiger partial charge on any atom is 0.327 e. The van der Waals surface area contributed by atoms with Crippen molar-refractivity contribution in [3.8, 4) is 0 Å². The second-order valence-corrected chi connectivity index (χ2v) is 5.03. The van der Waals surface area contributed by atoms with E-state index in [1.54, 1.807) is 6.92 Å². The number of carbonyl (C=O) groups is 4. The number of aliphatic carboxylic acids is 1. The summed E-state index contributed by atoms with van der Waals surface area (Å²) in [6, 6.07) is -1.47. The van der Waals surface area contributed by atoms with Crippen LogP contribution in [0.3, 0.4) is 0 Å². The highest BCUT2D eigenvalue weighted by atomic mass is 16.4. The van der Waals surface area contributed by atoms with Gasteiger partial charge in [-0.25, -0.2) is 0 Å². The first-order valence-electron chi connectivity index (χ1n) is 6.65. The van der Waals surface area contributed by atoms with Gasteiger partial charge in [0.25, 0.3) is 5.91 Å². The minimum Gasteiger partial charge on any atom is -0.480 e. The summed E-state index contributed by atoms with van der Waals surface area (Å²) in [7, 11) is 3.02. The van der Waals surface area contributed by atoms with Crippen LogP contribution in [0.2, 0.25) is 0 Å². The Morgan fingerprint density at radius 3 is 2.23 bits per heavy atom. The van der Waals surface area contributed by atoms with E-state index in [-0.39, 0.29) is 18.7 Å². The van der Waals surface area contributed by atoms with Crippen molar-refractivity contribution < 1.29 is 24.3 Å². The Hall–Kier alpha value is -2.42. The Morgan fingerprint density at radius 2 is 1.86 bits per heavy atom.